The molecule has 0 amide bonds. The zero-order valence-electron chi connectivity index (χ0n) is 46.2. The Morgan fingerprint density at radius 1 is 0.296 bits per heavy atom. The highest BCUT2D eigenvalue weighted by atomic mass is 16.6. The molecule has 404 valence electrons. The first-order valence-corrected chi connectivity index (χ1v) is 29.4. The second kappa shape index (κ2) is 58.6. The first-order valence-electron chi connectivity index (χ1n) is 29.4. The van der Waals surface area contributed by atoms with Gasteiger partial charge < -0.3 is 14.2 Å². The van der Waals surface area contributed by atoms with Crippen molar-refractivity contribution in [3.63, 3.8) is 0 Å². The maximum atomic E-state index is 12.9. The van der Waals surface area contributed by atoms with Gasteiger partial charge in [-0.2, -0.15) is 0 Å². The largest absolute Gasteiger partial charge is 0.462 e. The van der Waals surface area contributed by atoms with E-state index in [2.05, 4.69) is 130 Å². The van der Waals surface area contributed by atoms with Crippen molar-refractivity contribution < 1.29 is 28.6 Å². The van der Waals surface area contributed by atoms with Gasteiger partial charge in [0, 0.05) is 19.3 Å². The van der Waals surface area contributed by atoms with Crippen molar-refractivity contribution in [3.8, 4) is 0 Å². The first-order chi connectivity index (χ1) is 35.0. The van der Waals surface area contributed by atoms with Crippen molar-refractivity contribution in [1.29, 1.82) is 0 Å². The predicted octanol–water partition coefficient (Wildman–Crippen LogP) is 19.9. The second-order valence-corrected chi connectivity index (χ2v) is 19.2. The van der Waals surface area contributed by atoms with E-state index in [1.807, 2.05) is 0 Å². The number of ether oxygens (including phenoxy) is 3. The Morgan fingerprint density at radius 2 is 0.549 bits per heavy atom. The molecule has 6 nitrogen and oxygen atoms in total. The zero-order chi connectivity index (χ0) is 51.4. The molecule has 71 heavy (non-hydrogen) atoms. The van der Waals surface area contributed by atoms with E-state index in [4.69, 9.17) is 14.2 Å². The van der Waals surface area contributed by atoms with E-state index < -0.39 is 6.10 Å². The van der Waals surface area contributed by atoms with Gasteiger partial charge in [-0.05, 0) is 128 Å². The van der Waals surface area contributed by atoms with Crippen LogP contribution < -0.4 is 0 Å². The lowest BCUT2D eigenvalue weighted by atomic mass is 10.1. The minimum atomic E-state index is -0.807. The van der Waals surface area contributed by atoms with Crippen LogP contribution in [-0.4, -0.2) is 37.2 Å². The smallest absolute Gasteiger partial charge is 0.306 e. The molecule has 0 bridgehead atoms. The highest BCUT2D eigenvalue weighted by Gasteiger charge is 2.19. The highest BCUT2D eigenvalue weighted by Crippen LogP contribution is 2.14. The van der Waals surface area contributed by atoms with E-state index in [9.17, 15) is 14.4 Å². The van der Waals surface area contributed by atoms with E-state index in [-0.39, 0.29) is 31.1 Å². The molecule has 0 spiro atoms. The number of unbranched alkanes of at least 4 members (excludes halogenated alkanes) is 23. The zero-order valence-corrected chi connectivity index (χ0v) is 46.2. The number of allylic oxidation sites excluding steroid dienone is 18. The molecule has 0 aliphatic heterocycles. The van der Waals surface area contributed by atoms with E-state index >= 15 is 0 Å². The summed E-state index contributed by atoms with van der Waals surface area (Å²) in [4.78, 5) is 38.2. The fraction of sp³-hybridized carbons (Fsp3) is 0.677. The third-order valence-corrected chi connectivity index (χ3v) is 12.2. The number of rotatable bonds is 52. The second-order valence-electron chi connectivity index (χ2n) is 19.2. The van der Waals surface area contributed by atoms with Crippen molar-refractivity contribution in [2.75, 3.05) is 13.2 Å². The van der Waals surface area contributed by atoms with Crippen LogP contribution in [0.1, 0.15) is 265 Å². The maximum absolute atomic E-state index is 12.9. The van der Waals surface area contributed by atoms with Crippen molar-refractivity contribution in [1.82, 2.24) is 0 Å². The van der Waals surface area contributed by atoms with Crippen LogP contribution in [-0.2, 0) is 28.6 Å². The Kier molecular flexibility index (Phi) is 55.4. The molecule has 1 unspecified atom stereocenters. The van der Waals surface area contributed by atoms with Gasteiger partial charge in [-0.25, -0.2) is 0 Å². The number of hydrogen-bond donors (Lipinski definition) is 0. The lowest BCUT2D eigenvalue weighted by Gasteiger charge is -2.18. The van der Waals surface area contributed by atoms with Gasteiger partial charge in [0.15, 0.2) is 6.10 Å². The van der Waals surface area contributed by atoms with E-state index in [0.717, 1.165) is 116 Å². The Morgan fingerprint density at radius 3 is 0.930 bits per heavy atom. The molecule has 0 aromatic rings. The van der Waals surface area contributed by atoms with Crippen molar-refractivity contribution >= 4 is 17.9 Å². The highest BCUT2D eigenvalue weighted by molar-refractivity contribution is 5.71. The van der Waals surface area contributed by atoms with Crippen LogP contribution in [0, 0.1) is 0 Å². The topological polar surface area (TPSA) is 78.9 Å². The van der Waals surface area contributed by atoms with Crippen molar-refractivity contribution in [3.05, 3.63) is 109 Å². The summed E-state index contributed by atoms with van der Waals surface area (Å²) in [5.41, 5.74) is 0. The fourth-order valence-corrected chi connectivity index (χ4v) is 7.82. The van der Waals surface area contributed by atoms with E-state index in [1.54, 1.807) is 0 Å². The molecule has 0 saturated heterocycles. The van der Waals surface area contributed by atoms with Gasteiger partial charge in [-0.1, -0.05) is 226 Å². The Hall–Kier alpha value is -3.93. The van der Waals surface area contributed by atoms with E-state index in [1.165, 1.54) is 103 Å². The lowest BCUT2D eigenvalue weighted by Crippen LogP contribution is -2.30. The Balaban J connectivity index is 4.50. The molecule has 6 heteroatoms. The number of carbonyl (C=O) groups excluding carboxylic acids is 3. The SMILES string of the molecule is CC/C=C\C/C=C\C/C=C\C/C=C\C/C=C\C/C=C\CCCCC(=O)OCC(COC(=O)CCCCCCC/C=C\C/C=C\CCCCC)OC(=O)CCCCCCCCC/C=C\CCCCCCCC. The molecule has 0 saturated carbocycles. The van der Waals surface area contributed by atoms with Crippen LogP contribution in [0.5, 0.6) is 0 Å². The number of hydrogen-bond acceptors (Lipinski definition) is 6. The standard InChI is InChI=1S/C65H108O6/c1-4-7-10-13-16-19-22-25-28-30-31-32-33-35-37-40-43-46-49-52-55-58-64(67)70-61-62(60-69-63(66)57-54-51-48-45-42-39-36-27-24-21-18-15-12-9-6-3)71-65(68)59-56-53-50-47-44-41-38-34-29-26-23-20-17-14-11-8-5-2/h7,10,16,18-19,21,25-29,31-32,35-37,43,46,62H,4-6,8-9,11-15,17,20,22-24,30,33-34,38-42,44-45,47-61H2,1-3H3/b10-7-,19-16-,21-18-,28-25-,29-26-,32-31-,36-27-,37-35-,46-43-. The molecule has 0 aromatic carbocycles. The number of carbonyl (C=O) groups is 3. The molecule has 0 aromatic heterocycles. The fourth-order valence-electron chi connectivity index (χ4n) is 7.82. The minimum Gasteiger partial charge on any atom is -0.462 e. The summed E-state index contributed by atoms with van der Waals surface area (Å²) in [6.07, 6.45) is 79.3. The van der Waals surface area contributed by atoms with Gasteiger partial charge in [0.1, 0.15) is 13.2 Å². The van der Waals surface area contributed by atoms with Crippen LogP contribution in [0.3, 0.4) is 0 Å². The summed E-state index contributed by atoms with van der Waals surface area (Å²) in [6, 6.07) is 0. The maximum Gasteiger partial charge on any atom is 0.306 e. The summed E-state index contributed by atoms with van der Waals surface area (Å²) in [5.74, 6) is -0.962. The normalized spacial score (nSPS) is 12.9. The van der Waals surface area contributed by atoms with Crippen molar-refractivity contribution in [2.24, 2.45) is 0 Å². The van der Waals surface area contributed by atoms with Gasteiger partial charge >= 0.3 is 17.9 Å². The van der Waals surface area contributed by atoms with Gasteiger partial charge in [0.25, 0.3) is 0 Å². The molecule has 0 aliphatic rings. The quantitative estimate of drug-likeness (QED) is 0.0261. The minimum absolute atomic E-state index is 0.102. The molecular weight excluding hydrogens is 877 g/mol. The van der Waals surface area contributed by atoms with E-state index in [0.29, 0.717) is 25.7 Å². The molecule has 1 atom stereocenters. The molecular formula is C65H108O6. The molecule has 0 fully saturated rings. The molecule has 0 radical (unpaired) electrons. The third-order valence-electron chi connectivity index (χ3n) is 12.2. The van der Waals surface area contributed by atoms with Crippen LogP contribution >= 0.6 is 0 Å². The summed E-state index contributed by atoms with van der Waals surface area (Å²) in [5, 5.41) is 0. The Labute approximate surface area is 438 Å². The lowest BCUT2D eigenvalue weighted by molar-refractivity contribution is -0.167. The summed E-state index contributed by atoms with van der Waals surface area (Å²) in [7, 11) is 0. The number of esters is 3. The molecule has 0 rings (SSSR count). The molecule has 0 aliphatic carbocycles. The Bertz CT molecular complexity index is 1460. The van der Waals surface area contributed by atoms with Gasteiger partial charge in [-0.3, -0.25) is 14.4 Å². The van der Waals surface area contributed by atoms with Gasteiger partial charge in [0.2, 0.25) is 0 Å². The molecule has 0 heterocycles. The average Bonchev–Trinajstić information content (AvgIpc) is 3.37. The third kappa shape index (κ3) is 56.9. The monoisotopic (exact) mass is 985 g/mol. The van der Waals surface area contributed by atoms with Gasteiger partial charge in [-0.15, -0.1) is 0 Å². The van der Waals surface area contributed by atoms with Crippen LogP contribution in [0.2, 0.25) is 0 Å². The van der Waals surface area contributed by atoms with Crippen LogP contribution in [0.15, 0.2) is 109 Å². The van der Waals surface area contributed by atoms with Crippen LogP contribution in [0.25, 0.3) is 0 Å². The average molecular weight is 986 g/mol. The van der Waals surface area contributed by atoms with Crippen molar-refractivity contribution in [2.45, 2.75) is 271 Å². The summed E-state index contributed by atoms with van der Waals surface area (Å²) < 4.78 is 16.8. The van der Waals surface area contributed by atoms with Gasteiger partial charge in [0.05, 0.1) is 0 Å². The van der Waals surface area contributed by atoms with Crippen LogP contribution in [0.4, 0.5) is 0 Å². The summed E-state index contributed by atoms with van der Waals surface area (Å²) in [6.45, 7) is 6.45. The predicted molar refractivity (Wildman–Crippen MR) is 307 cm³/mol. The molecule has 0 N–H and O–H groups in total. The summed E-state index contributed by atoms with van der Waals surface area (Å²) >= 11 is 0. The first kappa shape index (κ1) is 67.1.